The second-order valence-electron chi connectivity index (χ2n) is 5.13. The van der Waals surface area contributed by atoms with E-state index in [4.69, 9.17) is 0 Å². The third-order valence-corrected chi connectivity index (χ3v) is 4.06. The van der Waals surface area contributed by atoms with Crippen molar-refractivity contribution in [2.45, 2.75) is 37.8 Å². The average Bonchev–Trinajstić information content (AvgIpc) is 2.47. The van der Waals surface area contributed by atoms with Crippen molar-refractivity contribution in [1.82, 2.24) is 10.3 Å². The van der Waals surface area contributed by atoms with E-state index in [1.165, 1.54) is 16.0 Å². The molecule has 0 saturated carbocycles. The molecule has 0 aliphatic rings. The van der Waals surface area contributed by atoms with Gasteiger partial charge in [-0.2, -0.15) is 0 Å². The summed E-state index contributed by atoms with van der Waals surface area (Å²) in [5, 5.41) is 3.43. The molecule has 0 spiro atoms. The number of aryl methyl sites for hydroxylation is 1. The molecule has 0 aliphatic carbocycles. The Kier molecular flexibility index (Phi) is 6.09. The Labute approximate surface area is 126 Å². The first-order valence-electron chi connectivity index (χ1n) is 7.08. The van der Waals surface area contributed by atoms with Crippen LogP contribution < -0.4 is 5.32 Å². The highest BCUT2D eigenvalue weighted by atomic mass is 32.2. The predicted octanol–water partition coefficient (Wildman–Crippen LogP) is 3.91. The van der Waals surface area contributed by atoms with Crippen molar-refractivity contribution < 1.29 is 0 Å². The Morgan fingerprint density at radius 2 is 1.70 bits per heavy atom. The van der Waals surface area contributed by atoms with Gasteiger partial charge in [-0.3, -0.25) is 4.98 Å². The molecule has 2 nitrogen and oxygen atoms in total. The lowest BCUT2D eigenvalue weighted by molar-refractivity contribution is 0.588. The molecule has 1 N–H and O–H groups in total. The van der Waals surface area contributed by atoms with Crippen LogP contribution in [0.4, 0.5) is 0 Å². The third kappa shape index (κ3) is 5.35. The second kappa shape index (κ2) is 8.08. The first-order valence-corrected chi connectivity index (χ1v) is 8.06. The maximum absolute atomic E-state index is 4.04. The summed E-state index contributed by atoms with van der Waals surface area (Å²) in [5.74, 6) is 1.10. The molecule has 2 rings (SSSR count). The number of rotatable bonds is 7. The number of benzene rings is 1. The van der Waals surface area contributed by atoms with E-state index in [-0.39, 0.29) is 0 Å². The summed E-state index contributed by atoms with van der Waals surface area (Å²) in [6.07, 6.45) is 4.80. The number of aromatic nitrogens is 1. The highest BCUT2D eigenvalue weighted by Gasteiger charge is 1.98. The topological polar surface area (TPSA) is 24.9 Å². The van der Waals surface area contributed by atoms with Crippen LogP contribution in [0.1, 0.15) is 25.0 Å². The Bertz CT molecular complexity index is 494. The van der Waals surface area contributed by atoms with E-state index in [0.717, 1.165) is 18.7 Å². The van der Waals surface area contributed by atoms with Gasteiger partial charge in [0.1, 0.15) is 0 Å². The van der Waals surface area contributed by atoms with E-state index in [1.807, 2.05) is 24.2 Å². The van der Waals surface area contributed by atoms with Crippen LogP contribution in [-0.2, 0) is 13.0 Å². The molecule has 0 radical (unpaired) electrons. The molecule has 1 heterocycles. The monoisotopic (exact) mass is 286 g/mol. The summed E-state index contributed by atoms with van der Waals surface area (Å²) < 4.78 is 0. The molecule has 1 aromatic carbocycles. The van der Waals surface area contributed by atoms with Crippen molar-refractivity contribution >= 4 is 11.8 Å². The molecule has 0 aliphatic heterocycles. The van der Waals surface area contributed by atoms with E-state index in [9.17, 15) is 0 Å². The SMILES string of the molecule is CC(C)NCc1ccc(SCCc2ccncc2)cc1. The molecule has 1 aromatic heterocycles. The molecule has 0 atom stereocenters. The zero-order chi connectivity index (χ0) is 14.2. The van der Waals surface area contributed by atoms with Crippen molar-refractivity contribution in [2.24, 2.45) is 0 Å². The first-order chi connectivity index (χ1) is 9.74. The summed E-state index contributed by atoms with van der Waals surface area (Å²) >= 11 is 1.91. The molecular weight excluding hydrogens is 264 g/mol. The quantitative estimate of drug-likeness (QED) is 0.781. The lowest BCUT2D eigenvalue weighted by Gasteiger charge is -2.08. The summed E-state index contributed by atoms with van der Waals surface area (Å²) in [4.78, 5) is 5.38. The van der Waals surface area contributed by atoms with Gasteiger partial charge in [-0.05, 0) is 41.8 Å². The highest BCUT2D eigenvalue weighted by Crippen LogP contribution is 2.19. The van der Waals surface area contributed by atoms with Gasteiger partial charge in [-0.25, -0.2) is 0 Å². The van der Waals surface area contributed by atoms with Gasteiger partial charge >= 0.3 is 0 Å². The van der Waals surface area contributed by atoms with Crippen LogP contribution in [0.15, 0.2) is 53.7 Å². The van der Waals surface area contributed by atoms with Crippen LogP contribution in [0.3, 0.4) is 0 Å². The Morgan fingerprint density at radius 3 is 2.35 bits per heavy atom. The maximum atomic E-state index is 4.04. The van der Waals surface area contributed by atoms with Crippen LogP contribution >= 0.6 is 11.8 Å². The van der Waals surface area contributed by atoms with Crippen LogP contribution in [0, 0.1) is 0 Å². The number of pyridine rings is 1. The number of thioether (sulfide) groups is 1. The normalized spacial score (nSPS) is 10.9. The fraction of sp³-hybridized carbons (Fsp3) is 0.353. The van der Waals surface area contributed by atoms with E-state index in [1.54, 1.807) is 0 Å². The fourth-order valence-corrected chi connectivity index (χ4v) is 2.76. The third-order valence-electron chi connectivity index (χ3n) is 3.05. The van der Waals surface area contributed by atoms with Crippen molar-refractivity contribution in [3.05, 3.63) is 59.9 Å². The lowest BCUT2D eigenvalue weighted by atomic mass is 10.2. The minimum atomic E-state index is 0.532. The first kappa shape index (κ1) is 15.1. The molecule has 106 valence electrons. The molecular formula is C17H22N2S. The number of nitrogens with zero attached hydrogens (tertiary/aromatic N) is 1. The van der Waals surface area contributed by atoms with Crippen molar-refractivity contribution in [2.75, 3.05) is 5.75 Å². The lowest BCUT2D eigenvalue weighted by Crippen LogP contribution is -2.21. The van der Waals surface area contributed by atoms with Crippen molar-refractivity contribution in [3.63, 3.8) is 0 Å². The smallest absolute Gasteiger partial charge is 0.0270 e. The van der Waals surface area contributed by atoms with Crippen LogP contribution in [0.25, 0.3) is 0 Å². The van der Waals surface area contributed by atoms with Gasteiger partial charge in [-0.15, -0.1) is 11.8 Å². The minimum absolute atomic E-state index is 0.532. The van der Waals surface area contributed by atoms with Crippen molar-refractivity contribution in [1.29, 1.82) is 0 Å². The molecule has 20 heavy (non-hydrogen) atoms. The van der Waals surface area contributed by atoms with Crippen LogP contribution in [-0.4, -0.2) is 16.8 Å². The standard InChI is InChI=1S/C17H22N2S/c1-14(2)19-13-16-3-5-17(6-4-16)20-12-9-15-7-10-18-11-8-15/h3-8,10-11,14,19H,9,12-13H2,1-2H3. The molecule has 0 fully saturated rings. The number of hydrogen-bond acceptors (Lipinski definition) is 3. The van der Waals surface area contributed by atoms with Gasteiger partial charge in [-0.1, -0.05) is 26.0 Å². The summed E-state index contributed by atoms with van der Waals surface area (Å²) in [7, 11) is 0. The molecule has 3 heteroatoms. The summed E-state index contributed by atoms with van der Waals surface area (Å²) in [6.45, 7) is 5.28. The van der Waals surface area contributed by atoms with Gasteiger partial charge in [0.05, 0.1) is 0 Å². The van der Waals surface area contributed by atoms with E-state index < -0.39 is 0 Å². The van der Waals surface area contributed by atoms with Crippen molar-refractivity contribution in [3.8, 4) is 0 Å². The molecule has 0 amide bonds. The highest BCUT2D eigenvalue weighted by molar-refractivity contribution is 7.99. The zero-order valence-corrected chi connectivity index (χ0v) is 13.0. The predicted molar refractivity (Wildman–Crippen MR) is 87.1 cm³/mol. The van der Waals surface area contributed by atoms with Gasteiger partial charge < -0.3 is 5.32 Å². The van der Waals surface area contributed by atoms with E-state index >= 15 is 0 Å². The Morgan fingerprint density at radius 1 is 1.00 bits per heavy atom. The molecule has 2 aromatic rings. The number of hydrogen-bond donors (Lipinski definition) is 1. The van der Waals surface area contributed by atoms with Crippen LogP contribution in [0.2, 0.25) is 0 Å². The summed E-state index contributed by atoms with van der Waals surface area (Å²) in [6, 6.07) is 13.6. The number of nitrogens with one attached hydrogen (secondary N) is 1. The molecule has 0 saturated heterocycles. The largest absolute Gasteiger partial charge is 0.310 e. The summed E-state index contributed by atoms with van der Waals surface area (Å²) in [5.41, 5.74) is 2.70. The van der Waals surface area contributed by atoms with Gasteiger partial charge in [0.15, 0.2) is 0 Å². The fourth-order valence-electron chi connectivity index (χ4n) is 1.86. The van der Waals surface area contributed by atoms with E-state index in [0.29, 0.717) is 6.04 Å². The van der Waals surface area contributed by atoms with E-state index in [2.05, 4.69) is 60.5 Å². The Hall–Kier alpha value is -1.32. The Balaban J connectivity index is 1.76. The van der Waals surface area contributed by atoms with Gasteiger partial charge in [0.25, 0.3) is 0 Å². The van der Waals surface area contributed by atoms with Gasteiger partial charge in [0, 0.05) is 35.6 Å². The van der Waals surface area contributed by atoms with Crippen LogP contribution in [0.5, 0.6) is 0 Å². The minimum Gasteiger partial charge on any atom is -0.310 e. The molecule has 0 bridgehead atoms. The second-order valence-corrected chi connectivity index (χ2v) is 6.30. The zero-order valence-electron chi connectivity index (χ0n) is 12.2. The maximum Gasteiger partial charge on any atom is 0.0270 e. The van der Waals surface area contributed by atoms with Gasteiger partial charge in [0.2, 0.25) is 0 Å². The molecule has 0 unspecified atom stereocenters. The average molecular weight is 286 g/mol.